The molecule has 0 unspecified atom stereocenters. The van der Waals surface area contributed by atoms with Gasteiger partial charge >= 0.3 is 6.09 Å². The fourth-order valence-corrected chi connectivity index (χ4v) is 6.12. The summed E-state index contributed by atoms with van der Waals surface area (Å²) in [6.45, 7) is -0.197. The highest BCUT2D eigenvalue weighted by atomic mass is 16.5. The first kappa shape index (κ1) is 21.6. The van der Waals surface area contributed by atoms with Crippen LogP contribution in [0.5, 0.6) is 5.75 Å². The average molecular weight is 472 g/mol. The molecule has 1 aliphatic heterocycles. The van der Waals surface area contributed by atoms with Crippen LogP contribution in [0.1, 0.15) is 16.8 Å². The molecule has 0 aromatic heterocycles. The number of carbonyl (C=O) groups is 4. The molecule has 4 aliphatic carbocycles. The number of ether oxygens (including phenoxy) is 1. The second kappa shape index (κ2) is 7.80. The molecule has 1 N–H and O–H groups in total. The molecule has 2 bridgehead atoms. The highest BCUT2D eigenvalue weighted by Gasteiger charge is 2.67. The monoisotopic (exact) mass is 472 g/mol. The summed E-state index contributed by atoms with van der Waals surface area (Å²) >= 11 is 0. The summed E-state index contributed by atoms with van der Waals surface area (Å²) < 4.78 is 5.62. The van der Waals surface area contributed by atoms with Crippen LogP contribution in [0, 0.1) is 35.5 Å². The summed E-state index contributed by atoms with van der Waals surface area (Å²) in [6, 6.07) is 12.9. The number of nitrogens with zero attached hydrogens (tertiary/aromatic N) is 2. The summed E-state index contributed by atoms with van der Waals surface area (Å²) in [4.78, 5) is 52.3. The van der Waals surface area contributed by atoms with Crippen molar-refractivity contribution >= 4 is 35.1 Å². The van der Waals surface area contributed by atoms with Crippen molar-refractivity contribution in [3.8, 4) is 5.75 Å². The standard InChI is InChI=1S/C27H24N2O6/c1-28(27(33)34)15-4-2-14(3-5-15)22(30)13-35-17-8-6-16(7-9-17)29-25(31)23-18-10-11-19(21-12-20(18)21)24(23)26(29)32/h2-11,18-21,23-24H,12-13H2,1H3,(H,33,34)/t18-,19+,20+,21-,23-,24+. The first-order valence-electron chi connectivity index (χ1n) is 11.7. The molecule has 3 amide bonds. The Labute approximate surface area is 201 Å². The first-order chi connectivity index (χ1) is 16.8. The molecule has 1 saturated heterocycles. The molecule has 2 saturated carbocycles. The predicted molar refractivity (Wildman–Crippen MR) is 126 cm³/mol. The molecule has 6 atom stereocenters. The zero-order valence-electron chi connectivity index (χ0n) is 19.0. The first-order valence-corrected chi connectivity index (χ1v) is 11.7. The van der Waals surface area contributed by atoms with Gasteiger partial charge in [0, 0.05) is 18.3 Å². The van der Waals surface area contributed by atoms with Gasteiger partial charge < -0.3 is 9.84 Å². The quantitative estimate of drug-likeness (QED) is 0.391. The highest BCUT2D eigenvalue weighted by molar-refractivity contribution is 6.22. The number of hydrogen-bond acceptors (Lipinski definition) is 5. The van der Waals surface area contributed by atoms with Crippen LogP contribution in [-0.2, 0) is 9.59 Å². The minimum absolute atomic E-state index is 0.106. The molecule has 8 heteroatoms. The Kier molecular flexibility index (Phi) is 4.81. The van der Waals surface area contributed by atoms with E-state index in [2.05, 4.69) is 12.2 Å². The molecule has 2 aromatic rings. The maximum Gasteiger partial charge on any atom is 0.411 e. The summed E-state index contributed by atoms with van der Waals surface area (Å²) in [5, 5.41) is 9.03. The Bertz CT molecular complexity index is 1230. The van der Waals surface area contributed by atoms with Crippen LogP contribution in [0.2, 0.25) is 0 Å². The molecule has 0 spiro atoms. The lowest BCUT2D eigenvalue weighted by Gasteiger charge is -2.37. The summed E-state index contributed by atoms with van der Waals surface area (Å²) in [5.41, 5.74) is 1.39. The van der Waals surface area contributed by atoms with E-state index in [1.54, 1.807) is 48.5 Å². The normalized spacial score (nSPS) is 29.6. The minimum Gasteiger partial charge on any atom is -0.485 e. The molecule has 35 heavy (non-hydrogen) atoms. The third-order valence-electron chi connectivity index (χ3n) is 7.99. The van der Waals surface area contributed by atoms with Gasteiger partial charge in [0.15, 0.2) is 12.4 Å². The van der Waals surface area contributed by atoms with Crippen LogP contribution < -0.4 is 14.5 Å². The van der Waals surface area contributed by atoms with Crippen LogP contribution in [0.15, 0.2) is 60.7 Å². The number of Topliss-reactive ketones (excluding diaryl/α,β-unsaturated/α-hetero) is 1. The van der Waals surface area contributed by atoms with E-state index in [0.29, 0.717) is 34.5 Å². The zero-order chi connectivity index (χ0) is 24.4. The lowest BCUT2D eigenvalue weighted by molar-refractivity contribution is -0.124. The Morgan fingerprint density at radius 3 is 2.06 bits per heavy atom. The van der Waals surface area contributed by atoms with Crippen LogP contribution in [-0.4, -0.2) is 42.5 Å². The third kappa shape index (κ3) is 3.35. The fraction of sp³-hybridized carbons (Fsp3) is 0.333. The Morgan fingerprint density at radius 1 is 0.943 bits per heavy atom. The van der Waals surface area contributed by atoms with Crippen molar-refractivity contribution in [3.63, 3.8) is 0 Å². The molecule has 178 valence electrons. The molecular weight excluding hydrogens is 448 g/mol. The van der Waals surface area contributed by atoms with Crippen molar-refractivity contribution in [3.05, 3.63) is 66.2 Å². The van der Waals surface area contributed by atoms with Gasteiger partial charge in [-0.3, -0.25) is 24.2 Å². The second-order valence-corrected chi connectivity index (χ2v) is 9.76. The maximum absolute atomic E-state index is 13.2. The van der Waals surface area contributed by atoms with Gasteiger partial charge in [-0.05, 0) is 78.6 Å². The summed E-state index contributed by atoms with van der Waals surface area (Å²) in [7, 11) is 1.42. The Balaban J connectivity index is 1.10. The number of rotatable bonds is 6. The number of carbonyl (C=O) groups excluding carboxylic acids is 3. The van der Waals surface area contributed by atoms with Crippen molar-refractivity contribution in [1.29, 1.82) is 0 Å². The number of carboxylic acid groups (broad SMARTS) is 1. The minimum atomic E-state index is -1.09. The lowest BCUT2D eigenvalue weighted by Crippen LogP contribution is -2.40. The zero-order valence-corrected chi connectivity index (χ0v) is 19.0. The van der Waals surface area contributed by atoms with Gasteiger partial charge in [0.2, 0.25) is 11.8 Å². The number of benzene rings is 2. The van der Waals surface area contributed by atoms with E-state index < -0.39 is 6.09 Å². The molecule has 1 heterocycles. The Morgan fingerprint density at radius 2 is 1.51 bits per heavy atom. The highest BCUT2D eigenvalue weighted by Crippen LogP contribution is 2.65. The molecule has 3 fully saturated rings. The number of amides is 3. The van der Waals surface area contributed by atoms with E-state index in [1.807, 2.05) is 0 Å². The van der Waals surface area contributed by atoms with Crippen LogP contribution in [0.4, 0.5) is 16.2 Å². The van der Waals surface area contributed by atoms with Crippen LogP contribution in [0.3, 0.4) is 0 Å². The van der Waals surface area contributed by atoms with Crippen molar-refractivity contribution in [2.75, 3.05) is 23.5 Å². The van der Waals surface area contributed by atoms with Crippen molar-refractivity contribution in [1.82, 2.24) is 0 Å². The van der Waals surface area contributed by atoms with E-state index in [4.69, 9.17) is 9.84 Å². The molecule has 0 radical (unpaired) electrons. The number of anilines is 2. The maximum atomic E-state index is 13.2. The summed E-state index contributed by atoms with van der Waals surface area (Å²) in [5.74, 6) is 0.991. The second-order valence-electron chi connectivity index (χ2n) is 9.76. The van der Waals surface area contributed by atoms with Crippen LogP contribution >= 0.6 is 0 Å². The fourth-order valence-electron chi connectivity index (χ4n) is 6.12. The molecular formula is C27H24N2O6. The van der Waals surface area contributed by atoms with Crippen molar-refractivity contribution < 1.29 is 29.0 Å². The number of allylic oxidation sites excluding steroid dienone is 2. The van der Waals surface area contributed by atoms with E-state index >= 15 is 0 Å². The van der Waals surface area contributed by atoms with Gasteiger partial charge in [-0.2, -0.15) is 0 Å². The topological polar surface area (TPSA) is 104 Å². The number of imide groups is 1. The molecule has 8 nitrogen and oxygen atoms in total. The number of hydrogen-bond donors (Lipinski definition) is 1. The predicted octanol–water partition coefficient (Wildman–Crippen LogP) is 3.62. The smallest absolute Gasteiger partial charge is 0.411 e. The molecule has 2 aromatic carbocycles. The average Bonchev–Trinajstić information content (AvgIpc) is 3.65. The van der Waals surface area contributed by atoms with E-state index in [9.17, 15) is 19.2 Å². The van der Waals surface area contributed by atoms with Gasteiger partial charge in [0.25, 0.3) is 0 Å². The molecule has 7 rings (SSSR count). The van der Waals surface area contributed by atoms with E-state index in [1.165, 1.54) is 11.9 Å². The van der Waals surface area contributed by atoms with Gasteiger partial charge in [-0.1, -0.05) is 12.2 Å². The van der Waals surface area contributed by atoms with Crippen LogP contribution in [0.25, 0.3) is 0 Å². The van der Waals surface area contributed by atoms with Crippen molar-refractivity contribution in [2.24, 2.45) is 35.5 Å². The Hall–Kier alpha value is -3.94. The van der Waals surface area contributed by atoms with Crippen molar-refractivity contribution in [2.45, 2.75) is 6.42 Å². The van der Waals surface area contributed by atoms with Gasteiger partial charge in [-0.15, -0.1) is 0 Å². The van der Waals surface area contributed by atoms with Gasteiger partial charge in [-0.25, -0.2) is 4.79 Å². The number of ketones is 1. The van der Waals surface area contributed by atoms with Gasteiger partial charge in [0.1, 0.15) is 5.75 Å². The summed E-state index contributed by atoms with van der Waals surface area (Å²) in [6.07, 6.45) is 4.35. The SMILES string of the molecule is CN(C(=O)O)c1ccc(C(=O)COc2ccc(N3C(=O)[C@@H]4[C@@H]5C=C[C@@H]([C@H]6C[C@@H]56)[C@@H]4C3=O)cc2)cc1. The van der Waals surface area contributed by atoms with E-state index in [-0.39, 0.29) is 47.9 Å². The largest absolute Gasteiger partial charge is 0.485 e. The molecule has 5 aliphatic rings. The lowest BCUT2D eigenvalue weighted by atomic mass is 9.63. The van der Waals surface area contributed by atoms with E-state index in [0.717, 1.165) is 11.3 Å². The van der Waals surface area contributed by atoms with Gasteiger partial charge in [0.05, 0.1) is 17.5 Å². The third-order valence-corrected chi connectivity index (χ3v) is 7.99.